The summed E-state index contributed by atoms with van der Waals surface area (Å²) in [6.45, 7) is 1.12. The van der Waals surface area contributed by atoms with Crippen LogP contribution in [0.2, 0.25) is 0 Å². The number of aliphatic hydroxyl groups excluding tert-OH is 1. The van der Waals surface area contributed by atoms with Gasteiger partial charge in [-0.05, 0) is 55.5 Å². The molecule has 0 aliphatic heterocycles. The van der Waals surface area contributed by atoms with Gasteiger partial charge in [0, 0.05) is 12.6 Å². The van der Waals surface area contributed by atoms with Crippen molar-refractivity contribution in [3.05, 3.63) is 29.3 Å². The Kier molecular flexibility index (Phi) is 3.99. The van der Waals surface area contributed by atoms with Crippen molar-refractivity contribution in [3.8, 4) is 5.75 Å². The van der Waals surface area contributed by atoms with Crippen LogP contribution in [0.4, 0.5) is 0 Å². The van der Waals surface area contributed by atoms with Crippen LogP contribution < -0.4 is 4.74 Å². The Morgan fingerprint density at radius 1 is 1.30 bits per heavy atom. The molecule has 3 rings (SSSR count). The van der Waals surface area contributed by atoms with E-state index in [1.165, 1.54) is 31.2 Å². The van der Waals surface area contributed by atoms with Crippen LogP contribution in [-0.2, 0) is 6.42 Å². The predicted molar refractivity (Wildman–Crippen MR) is 80.0 cm³/mol. The maximum Gasteiger partial charge on any atom is 0.119 e. The minimum Gasteiger partial charge on any atom is -0.497 e. The highest BCUT2D eigenvalue weighted by Gasteiger charge is 2.34. The number of rotatable bonds is 4. The summed E-state index contributed by atoms with van der Waals surface area (Å²) in [5.74, 6) is 1.66. The van der Waals surface area contributed by atoms with Crippen LogP contribution >= 0.6 is 0 Å². The van der Waals surface area contributed by atoms with Crippen molar-refractivity contribution in [3.63, 3.8) is 0 Å². The predicted octanol–water partition coefficient (Wildman–Crippen LogP) is 2.78. The lowest BCUT2D eigenvalue weighted by Gasteiger charge is -2.29. The van der Waals surface area contributed by atoms with Crippen LogP contribution in [0, 0.1) is 5.92 Å². The zero-order valence-corrected chi connectivity index (χ0v) is 12.5. The Labute approximate surface area is 121 Å². The summed E-state index contributed by atoms with van der Waals surface area (Å²) >= 11 is 0. The van der Waals surface area contributed by atoms with E-state index in [9.17, 15) is 5.11 Å². The minimum absolute atomic E-state index is 0.220. The number of fused-ring (bicyclic) bond motifs is 1. The Balaban J connectivity index is 1.70. The van der Waals surface area contributed by atoms with Crippen molar-refractivity contribution in [2.24, 2.45) is 5.92 Å². The third-order valence-electron chi connectivity index (χ3n) is 5.05. The van der Waals surface area contributed by atoms with E-state index in [1.54, 1.807) is 7.11 Å². The first-order chi connectivity index (χ1) is 9.69. The fourth-order valence-electron chi connectivity index (χ4n) is 3.84. The molecule has 3 nitrogen and oxygen atoms in total. The standard InChI is InChI=1S/C17H25NO2/c1-18(11-12-5-3-4-6-12)16-9-13-7-8-14(20-2)10-15(13)17(16)19/h7-8,10,12,16-17,19H,3-6,9,11H2,1-2H3. The smallest absolute Gasteiger partial charge is 0.119 e. The second kappa shape index (κ2) is 5.74. The van der Waals surface area contributed by atoms with E-state index < -0.39 is 0 Å². The second-order valence-corrected chi connectivity index (χ2v) is 6.37. The third-order valence-corrected chi connectivity index (χ3v) is 5.05. The maximum atomic E-state index is 10.6. The van der Waals surface area contributed by atoms with E-state index in [-0.39, 0.29) is 12.1 Å². The second-order valence-electron chi connectivity index (χ2n) is 6.37. The SMILES string of the molecule is COc1ccc2c(c1)C(O)C(N(C)CC1CCCC1)C2. The van der Waals surface area contributed by atoms with E-state index >= 15 is 0 Å². The third kappa shape index (κ3) is 2.57. The van der Waals surface area contributed by atoms with E-state index in [0.717, 1.165) is 30.2 Å². The van der Waals surface area contributed by atoms with Crippen LogP contribution in [-0.4, -0.2) is 36.8 Å². The number of hydrogen-bond donors (Lipinski definition) is 1. The van der Waals surface area contributed by atoms with Gasteiger partial charge in [0.2, 0.25) is 0 Å². The fourth-order valence-corrected chi connectivity index (χ4v) is 3.84. The number of nitrogens with zero attached hydrogens (tertiary/aromatic N) is 1. The van der Waals surface area contributed by atoms with E-state index in [0.29, 0.717) is 0 Å². The van der Waals surface area contributed by atoms with E-state index in [2.05, 4.69) is 18.0 Å². The molecule has 0 saturated heterocycles. The molecule has 2 aliphatic carbocycles. The molecular formula is C17H25NO2. The normalized spacial score (nSPS) is 26.2. The Morgan fingerprint density at radius 3 is 2.75 bits per heavy atom. The molecule has 2 unspecified atom stereocenters. The zero-order valence-electron chi connectivity index (χ0n) is 12.5. The van der Waals surface area contributed by atoms with Gasteiger partial charge in [0.05, 0.1) is 13.2 Å². The van der Waals surface area contributed by atoms with Gasteiger partial charge in [-0.2, -0.15) is 0 Å². The molecule has 1 fully saturated rings. The summed E-state index contributed by atoms with van der Waals surface area (Å²) in [4.78, 5) is 2.37. The highest BCUT2D eigenvalue weighted by molar-refractivity contribution is 5.41. The van der Waals surface area contributed by atoms with Gasteiger partial charge in [0.1, 0.15) is 5.75 Å². The number of methoxy groups -OCH3 is 1. The van der Waals surface area contributed by atoms with Crippen molar-refractivity contribution in [2.45, 2.75) is 44.2 Å². The summed E-state index contributed by atoms with van der Waals surface area (Å²) in [7, 11) is 3.84. The lowest BCUT2D eigenvalue weighted by molar-refractivity contribution is 0.0676. The Morgan fingerprint density at radius 2 is 2.05 bits per heavy atom. The van der Waals surface area contributed by atoms with Crippen molar-refractivity contribution in [2.75, 3.05) is 20.7 Å². The number of ether oxygens (including phenoxy) is 1. The van der Waals surface area contributed by atoms with Crippen molar-refractivity contribution in [1.29, 1.82) is 0 Å². The Bertz CT molecular complexity index is 468. The number of likely N-dealkylation sites (N-methyl/N-ethyl adjacent to an activating group) is 1. The number of benzene rings is 1. The largest absolute Gasteiger partial charge is 0.497 e. The summed E-state index contributed by atoms with van der Waals surface area (Å²) in [6, 6.07) is 6.30. The number of aliphatic hydroxyl groups is 1. The van der Waals surface area contributed by atoms with E-state index in [4.69, 9.17) is 4.74 Å². The minimum atomic E-state index is -0.383. The van der Waals surface area contributed by atoms with Gasteiger partial charge in [-0.1, -0.05) is 18.9 Å². The summed E-state index contributed by atoms with van der Waals surface area (Å²) in [6.07, 6.45) is 6.03. The maximum absolute atomic E-state index is 10.6. The molecule has 0 radical (unpaired) electrons. The molecule has 1 aromatic carbocycles. The van der Waals surface area contributed by atoms with Crippen molar-refractivity contribution < 1.29 is 9.84 Å². The van der Waals surface area contributed by atoms with Gasteiger partial charge in [0.25, 0.3) is 0 Å². The average Bonchev–Trinajstić information content (AvgIpc) is 3.07. The van der Waals surface area contributed by atoms with Crippen LogP contribution in [0.25, 0.3) is 0 Å². The molecule has 1 N–H and O–H groups in total. The van der Waals surface area contributed by atoms with Crippen LogP contribution in [0.15, 0.2) is 18.2 Å². The van der Waals surface area contributed by atoms with Gasteiger partial charge in [-0.3, -0.25) is 4.90 Å². The lowest BCUT2D eigenvalue weighted by atomic mass is 10.1. The van der Waals surface area contributed by atoms with Crippen LogP contribution in [0.5, 0.6) is 5.75 Å². The molecule has 2 aliphatic rings. The molecule has 0 bridgehead atoms. The van der Waals surface area contributed by atoms with Gasteiger partial charge in [0.15, 0.2) is 0 Å². The summed E-state index contributed by atoms with van der Waals surface area (Å²) in [5.41, 5.74) is 2.31. The Hall–Kier alpha value is -1.06. The first-order valence-corrected chi connectivity index (χ1v) is 7.74. The fraction of sp³-hybridized carbons (Fsp3) is 0.647. The molecule has 1 saturated carbocycles. The van der Waals surface area contributed by atoms with Crippen molar-refractivity contribution >= 4 is 0 Å². The topological polar surface area (TPSA) is 32.7 Å². The molecular weight excluding hydrogens is 250 g/mol. The molecule has 1 aromatic rings. The van der Waals surface area contributed by atoms with Crippen LogP contribution in [0.3, 0.4) is 0 Å². The monoisotopic (exact) mass is 275 g/mol. The number of hydrogen-bond acceptors (Lipinski definition) is 3. The molecule has 20 heavy (non-hydrogen) atoms. The highest BCUT2D eigenvalue weighted by Crippen LogP contribution is 2.37. The zero-order chi connectivity index (χ0) is 14.1. The van der Waals surface area contributed by atoms with Crippen molar-refractivity contribution in [1.82, 2.24) is 4.90 Å². The van der Waals surface area contributed by atoms with Gasteiger partial charge in [-0.15, -0.1) is 0 Å². The quantitative estimate of drug-likeness (QED) is 0.917. The lowest BCUT2D eigenvalue weighted by Crippen LogP contribution is -2.38. The summed E-state index contributed by atoms with van der Waals surface area (Å²) in [5, 5.41) is 10.6. The average molecular weight is 275 g/mol. The highest BCUT2D eigenvalue weighted by atomic mass is 16.5. The molecule has 0 spiro atoms. The molecule has 2 atom stereocenters. The molecule has 0 aromatic heterocycles. The van der Waals surface area contributed by atoms with Gasteiger partial charge >= 0.3 is 0 Å². The van der Waals surface area contributed by atoms with Gasteiger partial charge in [-0.25, -0.2) is 0 Å². The molecule has 110 valence electrons. The van der Waals surface area contributed by atoms with Crippen LogP contribution in [0.1, 0.15) is 42.9 Å². The summed E-state index contributed by atoms with van der Waals surface area (Å²) < 4.78 is 5.27. The van der Waals surface area contributed by atoms with E-state index in [1.807, 2.05) is 12.1 Å². The molecule has 3 heteroatoms. The first kappa shape index (κ1) is 13.9. The molecule has 0 heterocycles. The molecule has 0 amide bonds. The first-order valence-electron chi connectivity index (χ1n) is 7.74. The van der Waals surface area contributed by atoms with Gasteiger partial charge < -0.3 is 9.84 Å².